The lowest BCUT2D eigenvalue weighted by atomic mass is 9.97. The Kier molecular flexibility index (Phi) is 4.67. The molecule has 0 aliphatic rings. The van der Waals surface area contributed by atoms with Gasteiger partial charge in [-0.1, -0.05) is 19.1 Å². The predicted octanol–water partition coefficient (Wildman–Crippen LogP) is 3.18. The van der Waals surface area contributed by atoms with Crippen molar-refractivity contribution in [3.8, 4) is 0 Å². The van der Waals surface area contributed by atoms with Crippen molar-refractivity contribution in [1.82, 2.24) is 0 Å². The molecule has 3 heteroatoms. The Morgan fingerprint density at radius 3 is 2.35 bits per heavy atom. The quantitative estimate of drug-likeness (QED) is 0.753. The molecule has 0 aliphatic carbocycles. The zero-order valence-corrected chi connectivity index (χ0v) is 10.8. The second-order valence-electron chi connectivity index (χ2n) is 4.40. The van der Waals surface area contributed by atoms with E-state index in [1.165, 1.54) is 0 Å². The van der Waals surface area contributed by atoms with Crippen LogP contribution in [-0.4, -0.2) is 12.6 Å². The zero-order valence-electron chi connectivity index (χ0n) is 10.8. The van der Waals surface area contributed by atoms with E-state index in [-0.39, 0.29) is 17.7 Å². The molecular weight excluding hydrogens is 219 g/mol. The molecule has 1 atom stereocenters. The summed E-state index contributed by atoms with van der Waals surface area (Å²) in [6, 6.07) is 3.58. The molecule has 0 aliphatic heterocycles. The lowest BCUT2D eigenvalue weighted by molar-refractivity contribution is -0.147. The van der Waals surface area contributed by atoms with Gasteiger partial charge in [0.2, 0.25) is 0 Å². The Labute approximate surface area is 102 Å². The van der Waals surface area contributed by atoms with Gasteiger partial charge in [0.15, 0.2) is 0 Å². The maximum absolute atomic E-state index is 13.4. The van der Waals surface area contributed by atoms with Gasteiger partial charge in [-0.05, 0) is 43.9 Å². The van der Waals surface area contributed by atoms with Crippen LogP contribution in [0.1, 0.15) is 30.5 Å². The van der Waals surface area contributed by atoms with Gasteiger partial charge in [0.05, 0.1) is 12.5 Å². The molecular formula is C14H19FO2. The first-order chi connectivity index (χ1) is 7.95. The van der Waals surface area contributed by atoms with Gasteiger partial charge in [-0.3, -0.25) is 4.79 Å². The van der Waals surface area contributed by atoms with Gasteiger partial charge in [0, 0.05) is 0 Å². The second kappa shape index (κ2) is 5.80. The van der Waals surface area contributed by atoms with Crippen LogP contribution in [0.5, 0.6) is 0 Å². The second-order valence-corrected chi connectivity index (χ2v) is 4.40. The summed E-state index contributed by atoms with van der Waals surface area (Å²) in [5, 5.41) is 0. The fourth-order valence-corrected chi connectivity index (χ4v) is 1.87. The number of hydrogen-bond acceptors (Lipinski definition) is 2. The Hall–Kier alpha value is -1.38. The first kappa shape index (κ1) is 13.7. The van der Waals surface area contributed by atoms with Crippen molar-refractivity contribution in [2.75, 3.05) is 6.61 Å². The molecule has 0 saturated carbocycles. The molecule has 0 spiro atoms. The molecule has 1 aromatic rings. The third-order valence-electron chi connectivity index (χ3n) is 2.73. The van der Waals surface area contributed by atoms with Crippen LogP contribution < -0.4 is 0 Å². The summed E-state index contributed by atoms with van der Waals surface area (Å²) < 4.78 is 18.4. The lowest BCUT2D eigenvalue weighted by Gasteiger charge is -2.12. The number of ether oxygens (including phenoxy) is 1. The summed E-state index contributed by atoms with van der Waals surface area (Å²) in [7, 11) is 0. The largest absolute Gasteiger partial charge is 0.466 e. The van der Waals surface area contributed by atoms with Crippen molar-refractivity contribution in [2.24, 2.45) is 5.92 Å². The average Bonchev–Trinajstić information content (AvgIpc) is 2.26. The zero-order chi connectivity index (χ0) is 13.0. The van der Waals surface area contributed by atoms with Crippen molar-refractivity contribution in [2.45, 2.75) is 34.1 Å². The van der Waals surface area contributed by atoms with Crippen LogP contribution in [0.15, 0.2) is 12.1 Å². The summed E-state index contributed by atoms with van der Waals surface area (Å²) in [5.41, 5.74) is 2.22. The van der Waals surface area contributed by atoms with Gasteiger partial charge in [0.25, 0.3) is 0 Å². The predicted molar refractivity (Wildman–Crippen MR) is 65.4 cm³/mol. The average molecular weight is 238 g/mol. The molecule has 0 bridgehead atoms. The highest BCUT2D eigenvalue weighted by Crippen LogP contribution is 2.18. The van der Waals surface area contributed by atoms with Crippen LogP contribution in [0.2, 0.25) is 0 Å². The minimum atomic E-state index is -0.202. The Morgan fingerprint density at radius 2 is 1.88 bits per heavy atom. The maximum atomic E-state index is 13.4. The summed E-state index contributed by atoms with van der Waals surface area (Å²) >= 11 is 0. The molecule has 2 nitrogen and oxygen atoms in total. The fraction of sp³-hybridized carbons (Fsp3) is 0.500. The Balaban J connectivity index is 2.78. The van der Waals surface area contributed by atoms with E-state index in [4.69, 9.17) is 4.74 Å². The molecule has 0 heterocycles. The molecule has 0 saturated heterocycles. The molecule has 0 N–H and O–H groups in total. The Morgan fingerprint density at radius 1 is 1.35 bits per heavy atom. The van der Waals surface area contributed by atoms with Gasteiger partial charge >= 0.3 is 5.97 Å². The summed E-state index contributed by atoms with van der Waals surface area (Å²) in [5.74, 6) is -0.566. The first-order valence-electron chi connectivity index (χ1n) is 5.88. The van der Waals surface area contributed by atoms with Crippen molar-refractivity contribution in [3.05, 3.63) is 34.6 Å². The van der Waals surface area contributed by atoms with Crippen molar-refractivity contribution < 1.29 is 13.9 Å². The number of esters is 1. The number of rotatable bonds is 4. The van der Waals surface area contributed by atoms with Crippen molar-refractivity contribution in [3.63, 3.8) is 0 Å². The number of carbonyl (C=O) groups excluding carboxylic acids is 1. The SMILES string of the molecule is CCOC(=O)C(C)Cc1cc(C)c(F)c(C)c1. The fourth-order valence-electron chi connectivity index (χ4n) is 1.87. The van der Waals surface area contributed by atoms with Crippen LogP contribution in [0.3, 0.4) is 0 Å². The number of aryl methyl sites for hydroxylation is 2. The highest BCUT2D eigenvalue weighted by Gasteiger charge is 2.15. The molecule has 1 rings (SSSR count). The van der Waals surface area contributed by atoms with Crippen LogP contribution >= 0.6 is 0 Å². The standard InChI is InChI=1S/C14H19FO2/c1-5-17-14(16)11(4)8-12-6-9(2)13(15)10(3)7-12/h6-7,11H,5,8H2,1-4H3. The van der Waals surface area contributed by atoms with E-state index in [0.29, 0.717) is 24.2 Å². The number of carbonyl (C=O) groups is 1. The van der Waals surface area contributed by atoms with Gasteiger partial charge in [-0.25, -0.2) is 4.39 Å². The molecule has 17 heavy (non-hydrogen) atoms. The van der Waals surface area contributed by atoms with E-state index >= 15 is 0 Å². The smallest absolute Gasteiger partial charge is 0.308 e. The highest BCUT2D eigenvalue weighted by atomic mass is 19.1. The molecule has 1 aromatic carbocycles. The third-order valence-corrected chi connectivity index (χ3v) is 2.73. The number of benzene rings is 1. The van der Waals surface area contributed by atoms with Crippen LogP contribution in [0.25, 0.3) is 0 Å². The van der Waals surface area contributed by atoms with E-state index in [1.807, 2.05) is 6.92 Å². The van der Waals surface area contributed by atoms with Crippen LogP contribution in [0.4, 0.5) is 4.39 Å². The third kappa shape index (κ3) is 3.55. The van der Waals surface area contributed by atoms with E-state index in [0.717, 1.165) is 5.56 Å². The van der Waals surface area contributed by atoms with E-state index in [9.17, 15) is 9.18 Å². The van der Waals surface area contributed by atoms with E-state index < -0.39 is 0 Å². The minimum absolute atomic E-state index is 0.169. The van der Waals surface area contributed by atoms with Gasteiger partial charge < -0.3 is 4.74 Å². The molecule has 0 radical (unpaired) electrons. The van der Waals surface area contributed by atoms with E-state index in [2.05, 4.69) is 0 Å². The lowest BCUT2D eigenvalue weighted by Crippen LogP contribution is -2.17. The van der Waals surface area contributed by atoms with Gasteiger partial charge in [0.1, 0.15) is 5.82 Å². The molecule has 1 unspecified atom stereocenters. The number of halogens is 1. The van der Waals surface area contributed by atoms with Crippen molar-refractivity contribution >= 4 is 5.97 Å². The molecule has 0 amide bonds. The summed E-state index contributed by atoms with van der Waals surface area (Å²) in [6.07, 6.45) is 0.584. The molecule has 0 aromatic heterocycles. The molecule has 94 valence electrons. The molecule has 0 fully saturated rings. The van der Waals surface area contributed by atoms with Crippen molar-refractivity contribution in [1.29, 1.82) is 0 Å². The first-order valence-corrected chi connectivity index (χ1v) is 5.88. The maximum Gasteiger partial charge on any atom is 0.308 e. The monoisotopic (exact) mass is 238 g/mol. The minimum Gasteiger partial charge on any atom is -0.466 e. The Bertz CT molecular complexity index is 390. The van der Waals surface area contributed by atoms with Gasteiger partial charge in [-0.2, -0.15) is 0 Å². The summed E-state index contributed by atoms with van der Waals surface area (Å²) in [4.78, 5) is 11.5. The number of hydrogen-bond donors (Lipinski definition) is 0. The summed E-state index contributed by atoms with van der Waals surface area (Å²) in [6.45, 7) is 7.48. The topological polar surface area (TPSA) is 26.3 Å². The highest BCUT2D eigenvalue weighted by molar-refractivity contribution is 5.72. The van der Waals surface area contributed by atoms with Crippen LogP contribution in [0, 0.1) is 25.6 Å². The normalized spacial score (nSPS) is 12.3. The van der Waals surface area contributed by atoms with Gasteiger partial charge in [-0.15, -0.1) is 0 Å². The van der Waals surface area contributed by atoms with Crippen LogP contribution in [-0.2, 0) is 16.0 Å². The van der Waals surface area contributed by atoms with E-state index in [1.54, 1.807) is 32.9 Å².